The lowest BCUT2D eigenvalue weighted by atomic mass is 10.0. The normalized spacial score (nSPS) is 12.8. The third-order valence-corrected chi connectivity index (χ3v) is 8.92. The standard InChI is InChI=1S/C33H25N5O2S2/c1-20(38-30-27-25(21-8-4-2-5-9-21)16-41-32(27)36-18-34-30)29(39)23-12-14-24(15-13-23)40-31-28-26(22-10-6-3-7-11-22)17-42-33(28)37-19-35-31/h2-20,29,39H,1H3,(H,34,36,38)/t20-,29+/m0/s1. The summed E-state index contributed by atoms with van der Waals surface area (Å²) in [5, 5.41) is 20.7. The molecule has 0 aliphatic heterocycles. The first-order valence-electron chi connectivity index (χ1n) is 13.4. The number of aromatic nitrogens is 4. The van der Waals surface area contributed by atoms with Crippen molar-refractivity contribution in [3.8, 4) is 33.9 Å². The van der Waals surface area contributed by atoms with E-state index in [1.54, 1.807) is 29.0 Å². The smallest absolute Gasteiger partial charge is 0.231 e. The van der Waals surface area contributed by atoms with Gasteiger partial charge in [-0.05, 0) is 35.7 Å². The Morgan fingerprint density at radius 3 is 1.90 bits per heavy atom. The molecule has 3 aromatic carbocycles. The summed E-state index contributed by atoms with van der Waals surface area (Å²) in [6, 6.07) is 27.5. The number of ether oxygens (including phenoxy) is 1. The van der Waals surface area contributed by atoms with Gasteiger partial charge in [0.25, 0.3) is 0 Å². The molecule has 0 radical (unpaired) electrons. The topological polar surface area (TPSA) is 93.1 Å². The second-order valence-electron chi connectivity index (χ2n) is 9.84. The molecule has 0 fully saturated rings. The maximum atomic E-state index is 11.3. The Bertz CT molecular complexity index is 1980. The maximum Gasteiger partial charge on any atom is 0.231 e. The molecule has 4 heterocycles. The highest BCUT2D eigenvalue weighted by Gasteiger charge is 2.21. The summed E-state index contributed by atoms with van der Waals surface area (Å²) < 4.78 is 6.24. The lowest BCUT2D eigenvalue weighted by Gasteiger charge is -2.22. The van der Waals surface area contributed by atoms with E-state index in [-0.39, 0.29) is 6.04 Å². The highest BCUT2D eigenvalue weighted by Crippen LogP contribution is 2.40. The fourth-order valence-electron chi connectivity index (χ4n) is 5.00. The minimum absolute atomic E-state index is 0.320. The van der Waals surface area contributed by atoms with Gasteiger partial charge in [-0.2, -0.15) is 0 Å². The molecule has 0 aliphatic rings. The van der Waals surface area contributed by atoms with Crippen LogP contribution in [0.1, 0.15) is 18.6 Å². The quantitative estimate of drug-likeness (QED) is 0.185. The number of hydrogen-bond acceptors (Lipinski definition) is 9. The molecule has 4 aromatic heterocycles. The molecular weight excluding hydrogens is 563 g/mol. The Kier molecular flexibility index (Phi) is 7.05. The number of hydrogen-bond donors (Lipinski definition) is 2. The van der Waals surface area contributed by atoms with Crippen LogP contribution in [-0.4, -0.2) is 31.1 Å². The van der Waals surface area contributed by atoms with E-state index in [0.29, 0.717) is 17.4 Å². The van der Waals surface area contributed by atoms with Crippen LogP contribution in [0.5, 0.6) is 11.6 Å². The summed E-state index contributed by atoms with van der Waals surface area (Å²) in [7, 11) is 0. The maximum absolute atomic E-state index is 11.3. The van der Waals surface area contributed by atoms with Crippen molar-refractivity contribution in [2.24, 2.45) is 0 Å². The third kappa shape index (κ3) is 4.98. The van der Waals surface area contributed by atoms with Gasteiger partial charge in [-0.3, -0.25) is 0 Å². The largest absolute Gasteiger partial charge is 0.438 e. The van der Waals surface area contributed by atoms with E-state index >= 15 is 0 Å². The summed E-state index contributed by atoms with van der Waals surface area (Å²) in [6.45, 7) is 1.94. The van der Waals surface area contributed by atoms with Crippen LogP contribution in [0.25, 0.3) is 42.7 Å². The summed E-state index contributed by atoms with van der Waals surface area (Å²) in [5.74, 6) is 1.82. The van der Waals surface area contributed by atoms with E-state index in [2.05, 4.69) is 60.3 Å². The highest BCUT2D eigenvalue weighted by atomic mass is 32.1. The molecular formula is C33H25N5O2S2. The van der Waals surface area contributed by atoms with Crippen molar-refractivity contribution in [2.75, 3.05) is 5.32 Å². The van der Waals surface area contributed by atoms with Crippen molar-refractivity contribution in [1.29, 1.82) is 0 Å². The van der Waals surface area contributed by atoms with E-state index in [9.17, 15) is 5.11 Å². The van der Waals surface area contributed by atoms with E-state index in [1.807, 2.05) is 67.6 Å². The molecule has 0 spiro atoms. The van der Waals surface area contributed by atoms with Crippen molar-refractivity contribution in [1.82, 2.24) is 19.9 Å². The zero-order valence-corrected chi connectivity index (χ0v) is 24.1. The summed E-state index contributed by atoms with van der Waals surface area (Å²) in [4.78, 5) is 19.6. The molecule has 7 rings (SSSR count). The van der Waals surface area contributed by atoms with Crippen LogP contribution in [-0.2, 0) is 0 Å². The van der Waals surface area contributed by atoms with E-state index < -0.39 is 6.10 Å². The lowest BCUT2D eigenvalue weighted by molar-refractivity contribution is 0.160. The van der Waals surface area contributed by atoms with Gasteiger partial charge in [0.2, 0.25) is 5.88 Å². The molecule has 7 nitrogen and oxygen atoms in total. The monoisotopic (exact) mass is 587 g/mol. The fourth-order valence-corrected chi connectivity index (χ4v) is 6.82. The Labute approximate surface area is 250 Å². The SMILES string of the molecule is C[C@H](Nc1ncnc2scc(-c3ccccc3)c12)[C@@H](O)c1ccc(Oc2ncnc3scc(-c4ccccc4)c23)cc1. The zero-order valence-electron chi connectivity index (χ0n) is 22.5. The fraction of sp³-hybridized carbons (Fsp3) is 0.0909. The number of nitrogens with one attached hydrogen (secondary N) is 1. The van der Waals surface area contributed by atoms with Gasteiger partial charge in [0.15, 0.2) is 0 Å². The minimum atomic E-state index is -0.782. The first-order valence-corrected chi connectivity index (χ1v) is 15.2. The molecule has 2 N–H and O–H groups in total. The number of benzene rings is 3. The van der Waals surface area contributed by atoms with Crippen LogP contribution in [0.2, 0.25) is 0 Å². The number of aliphatic hydroxyl groups excluding tert-OH is 1. The van der Waals surface area contributed by atoms with Gasteiger partial charge in [-0.1, -0.05) is 72.8 Å². The molecule has 206 valence electrons. The van der Waals surface area contributed by atoms with Gasteiger partial charge in [0.05, 0.1) is 22.9 Å². The summed E-state index contributed by atoms with van der Waals surface area (Å²) in [5.41, 5.74) is 5.06. The number of nitrogens with zero attached hydrogens (tertiary/aromatic N) is 4. The molecule has 2 atom stereocenters. The van der Waals surface area contributed by atoms with Crippen molar-refractivity contribution in [2.45, 2.75) is 19.1 Å². The first kappa shape index (κ1) is 26.2. The Hall–Kier alpha value is -4.70. The van der Waals surface area contributed by atoms with Crippen LogP contribution < -0.4 is 10.1 Å². The van der Waals surface area contributed by atoms with Crippen LogP contribution in [0.15, 0.2) is 108 Å². The minimum Gasteiger partial charge on any atom is -0.438 e. The molecule has 0 aliphatic carbocycles. The van der Waals surface area contributed by atoms with Gasteiger partial charge in [0, 0.05) is 21.9 Å². The van der Waals surface area contributed by atoms with Crippen LogP contribution >= 0.6 is 22.7 Å². The van der Waals surface area contributed by atoms with Crippen LogP contribution in [0.4, 0.5) is 5.82 Å². The van der Waals surface area contributed by atoms with Crippen molar-refractivity contribution >= 4 is 48.9 Å². The number of rotatable bonds is 8. The summed E-state index contributed by atoms with van der Waals surface area (Å²) >= 11 is 3.15. The number of fused-ring (bicyclic) bond motifs is 2. The molecule has 42 heavy (non-hydrogen) atoms. The third-order valence-electron chi connectivity index (χ3n) is 7.15. The molecule has 0 saturated heterocycles. The molecule has 0 unspecified atom stereocenters. The molecule has 0 saturated carbocycles. The first-order chi connectivity index (χ1) is 20.7. The average molecular weight is 588 g/mol. The van der Waals surface area contributed by atoms with E-state index in [4.69, 9.17) is 4.74 Å². The van der Waals surface area contributed by atoms with Gasteiger partial charge >= 0.3 is 0 Å². The molecule has 0 bridgehead atoms. The second kappa shape index (κ2) is 11.3. The van der Waals surface area contributed by atoms with Crippen LogP contribution in [0, 0.1) is 0 Å². The van der Waals surface area contributed by atoms with Crippen molar-refractivity contribution < 1.29 is 9.84 Å². The highest BCUT2D eigenvalue weighted by molar-refractivity contribution is 7.17. The Morgan fingerprint density at radius 2 is 1.26 bits per heavy atom. The predicted octanol–water partition coefficient (Wildman–Crippen LogP) is 8.36. The number of thiophene rings is 2. The predicted molar refractivity (Wildman–Crippen MR) is 170 cm³/mol. The molecule has 0 amide bonds. The van der Waals surface area contributed by atoms with Crippen molar-refractivity contribution in [3.63, 3.8) is 0 Å². The molecule has 7 aromatic rings. The van der Waals surface area contributed by atoms with Gasteiger partial charge in [0.1, 0.15) is 33.9 Å². The zero-order chi connectivity index (χ0) is 28.5. The number of aliphatic hydroxyl groups is 1. The van der Waals surface area contributed by atoms with Gasteiger partial charge in [-0.15, -0.1) is 22.7 Å². The van der Waals surface area contributed by atoms with E-state index in [1.165, 1.54) is 6.33 Å². The van der Waals surface area contributed by atoms with Gasteiger partial charge < -0.3 is 15.2 Å². The van der Waals surface area contributed by atoms with Gasteiger partial charge in [-0.25, -0.2) is 19.9 Å². The summed E-state index contributed by atoms with van der Waals surface area (Å²) in [6.07, 6.45) is 2.30. The van der Waals surface area contributed by atoms with Crippen LogP contribution in [0.3, 0.4) is 0 Å². The molecule has 9 heteroatoms. The lowest BCUT2D eigenvalue weighted by Crippen LogP contribution is -2.24. The average Bonchev–Trinajstić information content (AvgIpc) is 3.68. The second-order valence-corrected chi connectivity index (χ2v) is 11.6. The Balaban J connectivity index is 1.11. The Morgan fingerprint density at radius 1 is 0.690 bits per heavy atom. The number of anilines is 1. The van der Waals surface area contributed by atoms with Crippen molar-refractivity contribution in [3.05, 3.63) is 114 Å². The van der Waals surface area contributed by atoms with E-state index in [0.717, 1.165) is 48.3 Å².